The predicted molar refractivity (Wildman–Crippen MR) is 61.2 cm³/mol. The molecule has 0 rings (SSSR count). The van der Waals surface area contributed by atoms with E-state index in [0.717, 1.165) is 45.8 Å². The number of hydrogen-bond acceptors (Lipinski definition) is 4. The molecule has 0 bridgehead atoms. The van der Waals surface area contributed by atoms with E-state index in [1.54, 1.807) is 14.2 Å². The van der Waals surface area contributed by atoms with Crippen molar-refractivity contribution in [1.82, 2.24) is 5.32 Å². The second-order valence-corrected chi connectivity index (χ2v) is 3.63. The number of nitrogens with one attached hydrogen (secondary N) is 1. The Labute approximate surface area is 93.3 Å². The molecule has 0 aliphatic rings. The maximum atomic E-state index is 5.57. The Kier molecular flexibility index (Phi) is 11.8. The van der Waals surface area contributed by atoms with Crippen LogP contribution in [0.4, 0.5) is 0 Å². The molecule has 1 unspecified atom stereocenters. The fourth-order valence-corrected chi connectivity index (χ4v) is 1.34. The Morgan fingerprint density at radius 3 is 2.47 bits per heavy atom. The second-order valence-electron chi connectivity index (χ2n) is 3.63. The van der Waals surface area contributed by atoms with Gasteiger partial charge in [-0.2, -0.15) is 0 Å². The minimum Gasteiger partial charge on any atom is -0.385 e. The molecule has 0 aliphatic heterocycles. The van der Waals surface area contributed by atoms with Crippen molar-refractivity contribution in [3.63, 3.8) is 0 Å². The Morgan fingerprint density at radius 2 is 1.87 bits per heavy atom. The van der Waals surface area contributed by atoms with Gasteiger partial charge >= 0.3 is 0 Å². The molecule has 1 N–H and O–H groups in total. The van der Waals surface area contributed by atoms with Crippen molar-refractivity contribution in [2.45, 2.75) is 12.8 Å². The monoisotopic (exact) mass is 219 g/mol. The van der Waals surface area contributed by atoms with Crippen molar-refractivity contribution in [3.05, 3.63) is 0 Å². The maximum absolute atomic E-state index is 5.57. The maximum Gasteiger partial charge on any atom is 0.0517 e. The topological polar surface area (TPSA) is 39.7 Å². The molecule has 1 atom stereocenters. The molecule has 0 heterocycles. The normalized spacial score (nSPS) is 13.0. The molecule has 0 aromatic carbocycles. The highest BCUT2D eigenvalue weighted by atomic mass is 16.5. The highest BCUT2D eigenvalue weighted by Gasteiger charge is 2.08. The van der Waals surface area contributed by atoms with Crippen molar-refractivity contribution in [1.29, 1.82) is 0 Å². The molecular formula is C11H25NO3. The zero-order chi connectivity index (χ0) is 11.4. The zero-order valence-corrected chi connectivity index (χ0v) is 10.3. The van der Waals surface area contributed by atoms with Crippen LogP contribution in [0.2, 0.25) is 0 Å². The standard InChI is InChI=1S/C11H25NO3/c1-12-6-4-7-15-10-11(9-14-3)5-8-13-2/h11-12H,4-10H2,1-3H3. The van der Waals surface area contributed by atoms with Crippen LogP contribution in [0, 0.1) is 5.92 Å². The lowest BCUT2D eigenvalue weighted by atomic mass is 10.1. The molecule has 0 aromatic rings. The first-order valence-corrected chi connectivity index (χ1v) is 5.55. The van der Waals surface area contributed by atoms with Gasteiger partial charge in [0.15, 0.2) is 0 Å². The first-order chi connectivity index (χ1) is 7.35. The fourth-order valence-electron chi connectivity index (χ4n) is 1.34. The third kappa shape index (κ3) is 10.1. The fraction of sp³-hybridized carbons (Fsp3) is 1.00. The molecule has 0 radical (unpaired) electrons. The Bertz CT molecular complexity index is 122. The summed E-state index contributed by atoms with van der Waals surface area (Å²) in [5, 5.41) is 3.09. The van der Waals surface area contributed by atoms with Crippen molar-refractivity contribution in [2.75, 3.05) is 54.2 Å². The number of rotatable bonds is 11. The van der Waals surface area contributed by atoms with Crippen molar-refractivity contribution in [3.8, 4) is 0 Å². The molecule has 92 valence electrons. The number of methoxy groups -OCH3 is 2. The summed E-state index contributed by atoms with van der Waals surface area (Å²) in [6.45, 7) is 4.10. The molecule has 4 nitrogen and oxygen atoms in total. The Hall–Kier alpha value is -0.160. The van der Waals surface area contributed by atoms with Gasteiger partial charge in [-0.1, -0.05) is 0 Å². The summed E-state index contributed by atoms with van der Waals surface area (Å²) in [7, 11) is 5.39. The van der Waals surface area contributed by atoms with E-state index in [1.165, 1.54) is 0 Å². The van der Waals surface area contributed by atoms with E-state index in [2.05, 4.69) is 5.32 Å². The summed E-state index contributed by atoms with van der Waals surface area (Å²) < 4.78 is 15.7. The zero-order valence-electron chi connectivity index (χ0n) is 10.3. The lowest BCUT2D eigenvalue weighted by molar-refractivity contribution is 0.0413. The van der Waals surface area contributed by atoms with E-state index in [0.29, 0.717) is 5.92 Å². The number of ether oxygens (including phenoxy) is 3. The molecule has 0 amide bonds. The van der Waals surface area contributed by atoms with Crippen LogP contribution in [0.1, 0.15) is 12.8 Å². The van der Waals surface area contributed by atoms with E-state index in [4.69, 9.17) is 14.2 Å². The molecule has 0 saturated carbocycles. The van der Waals surface area contributed by atoms with Gasteiger partial charge in [0.25, 0.3) is 0 Å². The van der Waals surface area contributed by atoms with Crippen LogP contribution in [0.5, 0.6) is 0 Å². The Balaban J connectivity index is 3.38. The van der Waals surface area contributed by atoms with Crippen LogP contribution in [0.25, 0.3) is 0 Å². The SMILES string of the molecule is CNCCCOCC(CCOC)COC. The van der Waals surface area contributed by atoms with Crippen LogP contribution >= 0.6 is 0 Å². The molecule has 0 saturated heterocycles. The van der Waals surface area contributed by atoms with Crippen LogP contribution in [0.15, 0.2) is 0 Å². The van der Waals surface area contributed by atoms with Crippen LogP contribution in [0.3, 0.4) is 0 Å². The summed E-state index contributed by atoms with van der Waals surface area (Å²) in [6, 6.07) is 0. The van der Waals surface area contributed by atoms with Gasteiger partial charge in [-0.15, -0.1) is 0 Å². The van der Waals surface area contributed by atoms with E-state index < -0.39 is 0 Å². The minimum absolute atomic E-state index is 0.449. The second kappa shape index (κ2) is 11.9. The van der Waals surface area contributed by atoms with E-state index in [9.17, 15) is 0 Å². The van der Waals surface area contributed by atoms with Gasteiger partial charge in [0.1, 0.15) is 0 Å². The van der Waals surface area contributed by atoms with Gasteiger partial charge in [-0.25, -0.2) is 0 Å². The summed E-state index contributed by atoms with van der Waals surface area (Å²) in [4.78, 5) is 0. The lowest BCUT2D eigenvalue weighted by Gasteiger charge is -2.15. The quantitative estimate of drug-likeness (QED) is 0.524. The Morgan fingerprint density at radius 1 is 1.07 bits per heavy atom. The van der Waals surface area contributed by atoms with Gasteiger partial charge in [0, 0.05) is 33.4 Å². The lowest BCUT2D eigenvalue weighted by Crippen LogP contribution is -2.19. The first-order valence-electron chi connectivity index (χ1n) is 5.55. The van der Waals surface area contributed by atoms with Crippen LogP contribution in [-0.4, -0.2) is 54.2 Å². The van der Waals surface area contributed by atoms with Gasteiger partial charge < -0.3 is 19.5 Å². The summed E-state index contributed by atoms with van der Waals surface area (Å²) in [6.07, 6.45) is 2.05. The van der Waals surface area contributed by atoms with Gasteiger partial charge in [-0.3, -0.25) is 0 Å². The van der Waals surface area contributed by atoms with E-state index in [1.807, 2.05) is 7.05 Å². The molecule has 0 aromatic heterocycles. The average Bonchev–Trinajstić information content (AvgIpc) is 2.25. The smallest absolute Gasteiger partial charge is 0.0517 e. The highest BCUT2D eigenvalue weighted by molar-refractivity contribution is 4.56. The first kappa shape index (κ1) is 14.8. The highest BCUT2D eigenvalue weighted by Crippen LogP contribution is 2.04. The molecule has 0 fully saturated rings. The van der Waals surface area contributed by atoms with Crippen molar-refractivity contribution in [2.24, 2.45) is 5.92 Å². The van der Waals surface area contributed by atoms with Crippen LogP contribution < -0.4 is 5.32 Å². The minimum atomic E-state index is 0.449. The predicted octanol–water partition coefficient (Wildman–Crippen LogP) is 0.912. The van der Waals surface area contributed by atoms with Gasteiger partial charge in [0.2, 0.25) is 0 Å². The van der Waals surface area contributed by atoms with E-state index in [-0.39, 0.29) is 0 Å². The summed E-state index contributed by atoms with van der Waals surface area (Å²) >= 11 is 0. The van der Waals surface area contributed by atoms with Crippen molar-refractivity contribution < 1.29 is 14.2 Å². The molecule has 15 heavy (non-hydrogen) atoms. The molecule has 0 spiro atoms. The number of hydrogen-bond donors (Lipinski definition) is 1. The third-order valence-corrected chi connectivity index (χ3v) is 2.20. The third-order valence-electron chi connectivity index (χ3n) is 2.20. The summed E-state index contributed by atoms with van der Waals surface area (Å²) in [5.74, 6) is 0.449. The van der Waals surface area contributed by atoms with Crippen LogP contribution in [-0.2, 0) is 14.2 Å². The van der Waals surface area contributed by atoms with Gasteiger partial charge in [-0.05, 0) is 26.4 Å². The average molecular weight is 219 g/mol. The van der Waals surface area contributed by atoms with E-state index >= 15 is 0 Å². The largest absolute Gasteiger partial charge is 0.385 e. The molecule has 0 aliphatic carbocycles. The van der Waals surface area contributed by atoms with Crippen molar-refractivity contribution >= 4 is 0 Å². The molecular weight excluding hydrogens is 194 g/mol. The van der Waals surface area contributed by atoms with Gasteiger partial charge in [0.05, 0.1) is 13.2 Å². The molecule has 4 heteroatoms. The summed E-state index contributed by atoms with van der Waals surface area (Å²) in [5.41, 5.74) is 0.